The lowest BCUT2D eigenvalue weighted by Gasteiger charge is -2.31. The highest BCUT2D eigenvalue weighted by Gasteiger charge is 2.41. The van der Waals surface area contributed by atoms with E-state index in [0.717, 1.165) is 42.5 Å². The molecule has 0 bridgehead atoms. The number of unbranched alkanes of at least 4 members (excludes halogenated alkanes) is 1. The highest BCUT2D eigenvalue weighted by atomic mass is 19.1. The normalized spacial score (nSPS) is 17.8. The zero-order valence-corrected chi connectivity index (χ0v) is 16.8. The molecule has 0 amide bonds. The first-order chi connectivity index (χ1) is 13.0. The summed E-state index contributed by atoms with van der Waals surface area (Å²) in [6.07, 6.45) is 2.92. The smallest absolute Gasteiger partial charge is 0.123 e. The predicted octanol–water partition coefficient (Wildman–Crippen LogP) is 5.23. The zero-order chi connectivity index (χ0) is 19.9. The number of nitriles is 1. The fourth-order valence-corrected chi connectivity index (χ4v) is 3.57. The zero-order valence-electron chi connectivity index (χ0n) is 16.8. The molecule has 1 unspecified atom stereocenters. The molecule has 2 aromatic carbocycles. The lowest BCUT2D eigenvalue weighted by molar-refractivity contribution is -0.0136. The molecule has 144 valence electrons. The number of halogens is 1. The van der Waals surface area contributed by atoms with E-state index in [4.69, 9.17) is 10.00 Å². The third-order valence-electron chi connectivity index (χ3n) is 4.84. The van der Waals surface area contributed by atoms with Crippen molar-refractivity contribution < 1.29 is 9.13 Å². The average Bonchev–Trinajstić information content (AvgIpc) is 3.06. The summed E-state index contributed by atoms with van der Waals surface area (Å²) in [7, 11) is 4.14. The van der Waals surface area contributed by atoms with Crippen molar-refractivity contribution in [2.24, 2.45) is 0 Å². The van der Waals surface area contributed by atoms with Crippen LogP contribution >= 0.6 is 0 Å². The van der Waals surface area contributed by atoms with E-state index in [-0.39, 0.29) is 5.82 Å². The summed E-state index contributed by atoms with van der Waals surface area (Å²) in [5.41, 5.74) is 3.22. The number of rotatable bonds is 6. The van der Waals surface area contributed by atoms with Crippen molar-refractivity contribution in [1.29, 1.82) is 5.26 Å². The van der Waals surface area contributed by atoms with Gasteiger partial charge >= 0.3 is 0 Å². The third kappa shape index (κ3) is 4.74. The monoisotopic (exact) mass is 368 g/mol. The molecule has 27 heavy (non-hydrogen) atoms. The molecule has 1 aliphatic heterocycles. The van der Waals surface area contributed by atoms with E-state index in [1.54, 1.807) is 0 Å². The molecule has 2 aromatic rings. The summed E-state index contributed by atoms with van der Waals surface area (Å²) >= 11 is 0. The van der Waals surface area contributed by atoms with E-state index in [0.29, 0.717) is 12.2 Å². The van der Waals surface area contributed by atoms with Crippen LogP contribution in [0.1, 0.15) is 55.4 Å². The number of hydrogen-bond donors (Lipinski definition) is 0. The van der Waals surface area contributed by atoms with E-state index in [2.05, 4.69) is 25.1 Å². The maximum absolute atomic E-state index is 13.4. The minimum atomic E-state index is -0.552. The van der Waals surface area contributed by atoms with Crippen LogP contribution in [0.25, 0.3) is 0 Å². The molecule has 1 atom stereocenters. The van der Waals surface area contributed by atoms with Crippen LogP contribution in [0.5, 0.6) is 0 Å². The number of nitrogens with zero attached hydrogens (tertiary/aromatic N) is 2. The van der Waals surface area contributed by atoms with Gasteiger partial charge in [-0.2, -0.15) is 5.26 Å². The highest BCUT2D eigenvalue weighted by molar-refractivity contribution is 5.47. The fourth-order valence-electron chi connectivity index (χ4n) is 3.57. The standard InChI is InChI=1S/C21H23FN2O.C2H6/c1-24(2)12-4-3-11-21(18-6-8-19(22)9-7-18)20-10-5-16(14-23)13-17(20)15-25-21;1-2/h5-10,13H,3-4,11-12,15H2,1-2H3;1-2H3. The second-order valence-corrected chi connectivity index (χ2v) is 6.87. The second kappa shape index (κ2) is 9.64. The molecule has 0 fully saturated rings. The molecular weight excluding hydrogens is 339 g/mol. The van der Waals surface area contributed by atoms with Crippen LogP contribution in [0.3, 0.4) is 0 Å². The molecule has 0 saturated heterocycles. The Kier molecular flexibility index (Phi) is 7.53. The van der Waals surface area contributed by atoms with Crippen LogP contribution in [0.15, 0.2) is 42.5 Å². The Labute approximate surface area is 162 Å². The predicted molar refractivity (Wildman–Crippen MR) is 107 cm³/mol. The lowest BCUT2D eigenvalue weighted by atomic mass is 9.81. The fraction of sp³-hybridized carbons (Fsp3) is 0.435. The summed E-state index contributed by atoms with van der Waals surface area (Å²) in [5.74, 6) is -0.246. The molecule has 0 radical (unpaired) electrons. The van der Waals surface area contributed by atoms with Crippen LogP contribution in [0.4, 0.5) is 4.39 Å². The Morgan fingerprint density at radius 2 is 1.81 bits per heavy atom. The van der Waals surface area contributed by atoms with Crippen molar-refractivity contribution in [2.75, 3.05) is 20.6 Å². The van der Waals surface area contributed by atoms with Crippen LogP contribution in [0, 0.1) is 17.1 Å². The average molecular weight is 368 g/mol. The minimum absolute atomic E-state index is 0.246. The van der Waals surface area contributed by atoms with Gasteiger partial charge in [-0.25, -0.2) is 4.39 Å². The number of ether oxygens (including phenoxy) is 1. The Morgan fingerprint density at radius 1 is 1.11 bits per heavy atom. The summed E-state index contributed by atoms with van der Waals surface area (Å²) in [6, 6.07) is 14.5. The Morgan fingerprint density at radius 3 is 2.44 bits per heavy atom. The van der Waals surface area contributed by atoms with Gasteiger partial charge in [-0.05, 0) is 80.9 Å². The molecule has 0 aromatic heterocycles. The molecule has 3 rings (SSSR count). The van der Waals surface area contributed by atoms with Gasteiger partial charge in [0.2, 0.25) is 0 Å². The SMILES string of the molecule is CC.CN(C)CCCCC1(c2ccc(F)cc2)OCc2cc(C#N)ccc21. The lowest BCUT2D eigenvalue weighted by Crippen LogP contribution is -2.27. The Balaban J connectivity index is 0.00000126. The molecular formula is C23H29FN2O. The van der Waals surface area contributed by atoms with Gasteiger partial charge in [-0.1, -0.05) is 32.0 Å². The van der Waals surface area contributed by atoms with Crippen molar-refractivity contribution in [3.8, 4) is 6.07 Å². The highest BCUT2D eigenvalue weighted by Crippen LogP contribution is 2.45. The first-order valence-corrected chi connectivity index (χ1v) is 9.63. The van der Waals surface area contributed by atoms with Crippen LogP contribution in [-0.4, -0.2) is 25.5 Å². The summed E-state index contributed by atoms with van der Waals surface area (Å²) in [5, 5.41) is 9.13. The van der Waals surface area contributed by atoms with E-state index in [1.807, 2.05) is 44.2 Å². The van der Waals surface area contributed by atoms with E-state index < -0.39 is 5.60 Å². The van der Waals surface area contributed by atoms with Crippen molar-refractivity contribution >= 4 is 0 Å². The third-order valence-corrected chi connectivity index (χ3v) is 4.84. The summed E-state index contributed by atoms with van der Waals surface area (Å²) in [4.78, 5) is 2.17. The second-order valence-electron chi connectivity index (χ2n) is 6.87. The maximum atomic E-state index is 13.4. The molecule has 0 N–H and O–H groups in total. The summed E-state index contributed by atoms with van der Waals surface area (Å²) in [6.45, 7) is 5.51. The Hall–Kier alpha value is -2.22. The van der Waals surface area contributed by atoms with Crippen LogP contribution in [-0.2, 0) is 16.9 Å². The molecule has 0 saturated carbocycles. The van der Waals surface area contributed by atoms with Crippen molar-refractivity contribution in [1.82, 2.24) is 4.90 Å². The quantitative estimate of drug-likeness (QED) is 0.655. The van der Waals surface area contributed by atoms with Crippen molar-refractivity contribution in [2.45, 2.75) is 45.3 Å². The number of fused-ring (bicyclic) bond motifs is 1. The number of hydrogen-bond acceptors (Lipinski definition) is 3. The van der Waals surface area contributed by atoms with Gasteiger partial charge in [0.05, 0.1) is 18.2 Å². The van der Waals surface area contributed by atoms with Crippen LogP contribution in [0.2, 0.25) is 0 Å². The first-order valence-electron chi connectivity index (χ1n) is 9.63. The van der Waals surface area contributed by atoms with Gasteiger partial charge in [0, 0.05) is 0 Å². The van der Waals surface area contributed by atoms with Gasteiger partial charge in [0.25, 0.3) is 0 Å². The Bertz CT molecular complexity index is 780. The van der Waals surface area contributed by atoms with Gasteiger partial charge < -0.3 is 9.64 Å². The number of benzene rings is 2. The van der Waals surface area contributed by atoms with Crippen molar-refractivity contribution in [3.63, 3.8) is 0 Å². The van der Waals surface area contributed by atoms with Gasteiger partial charge in [-0.3, -0.25) is 0 Å². The maximum Gasteiger partial charge on any atom is 0.123 e. The molecule has 1 aliphatic rings. The van der Waals surface area contributed by atoms with E-state index >= 15 is 0 Å². The van der Waals surface area contributed by atoms with Gasteiger partial charge in [-0.15, -0.1) is 0 Å². The van der Waals surface area contributed by atoms with Crippen molar-refractivity contribution in [3.05, 3.63) is 70.5 Å². The largest absolute Gasteiger partial charge is 0.361 e. The molecule has 3 nitrogen and oxygen atoms in total. The molecule has 1 heterocycles. The minimum Gasteiger partial charge on any atom is -0.361 e. The van der Waals surface area contributed by atoms with E-state index in [1.165, 1.54) is 12.1 Å². The molecule has 4 heteroatoms. The topological polar surface area (TPSA) is 36.3 Å². The van der Waals surface area contributed by atoms with E-state index in [9.17, 15) is 4.39 Å². The molecule has 0 spiro atoms. The summed E-state index contributed by atoms with van der Waals surface area (Å²) < 4.78 is 19.7. The van der Waals surface area contributed by atoms with Gasteiger partial charge in [0.15, 0.2) is 0 Å². The first kappa shape index (κ1) is 21.1. The molecule has 0 aliphatic carbocycles. The van der Waals surface area contributed by atoms with Gasteiger partial charge in [0.1, 0.15) is 11.4 Å². The van der Waals surface area contributed by atoms with Crippen LogP contribution < -0.4 is 0 Å².